The molecule has 3 heteroatoms. The summed E-state index contributed by atoms with van der Waals surface area (Å²) >= 11 is 0. The molecule has 2 atom stereocenters. The van der Waals surface area contributed by atoms with Gasteiger partial charge in [-0.15, -0.1) is 0 Å². The van der Waals surface area contributed by atoms with Crippen molar-refractivity contribution in [2.75, 3.05) is 6.54 Å². The van der Waals surface area contributed by atoms with Gasteiger partial charge in [0.1, 0.15) is 0 Å². The minimum atomic E-state index is 0.0801. The third-order valence-corrected chi connectivity index (χ3v) is 2.46. The molecule has 0 bridgehead atoms. The Morgan fingerprint density at radius 2 is 2.33 bits per heavy atom. The first-order chi connectivity index (χ1) is 5.75. The highest BCUT2D eigenvalue weighted by Crippen LogP contribution is 2.23. The Bertz CT molecular complexity index is 159. The second-order valence-corrected chi connectivity index (χ2v) is 3.49. The van der Waals surface area contributed by atoms with E-state index < -0.39 is 0 Å². The average Bonchev–Trinajstić information content (AvgIpc) is 2.47. The van der Waals surface area contributed by atoms with Gasteiger partial charge in [-0.2, -0.15) is 0 Å². The lowest BCUT2D eigenvalue weighted by Gasteiger charge is -2.14. The summed E-state index contributed by atoms with van der Waals surface area (Å²) < 4.78 is 0. The van der Waals surface area contributed by atoms with Crippen LogP contribution in [0.15, 0.2) is 0 Å². The molecule has 70 valence electrons. The van der Waals surface area contributed by atoms with Crippen LogP contribution in [0.25, 0.3) is 0 Å². The van der Waals surface area contributed by atoms with Gasteiger partial charge in [0.2, 0.25) is 5.91 Å². The van der Waals surface area contributed by atoms with Gasteiger partial charge in [0.15, 0.2) is 0 Å². The third-order valence-electron chi connectivity index (χ3n) is 2.46. The standard InChI is InChI=1S/C9H18N2O/c1-2-6-11-9(12)7-4-3-5-8(7)10/h7-8H,2-6,10H2,1H3,(H,11,12). The van der Waals surface area contributed by atoms with Crippen LogP contribution < -0.4 is 11.1 Å². The van der Waals surface area contributed by atoms with Crippen molar-refractivity contribution in [3.8, 4) is 0 Å². The summed E-state index contributed by atoms with van der Waals surface area (Å²) in [5.41, 5.74) is 5.79. The average molecular weight is 170 g/mol. The largest absolute Gasteiger partial charge is 0.356 e. The molecule has 0 spiro atoms. The molecule has 1 aliphatic carbocycles. The molecule has 0 saturated heterocycles. The van der Waals surface area contributed by atoms with Gasteiger partial charge in [0.25, 0.3) is 0 Å². The predicted octanol–water partition coefficient (Wildman–Crippen LogP) is 0.640. The number of hydrogen-bond donors (Lipinski definition) is 2. The normalized spacial score (nSPS) is 28.8. The fourth-order valence-corrected chi connectivity index (χ4v) is 1.69. The maximum absolute atomic E-state index is 11.4. The summed E-state index contributed by atoms with van der Waals surface area (Å²) in [5.74, 6) is 0.235. The van der Waals surface area contributed by atoms with Crippen LogP contribution in [0.4, 0.5) is 0 Å². The first-order valence-electron chi connectivity index (χ1n) is 4.79. The van der Waals surface area contributed by atoms with Crippen LogP contribution in [0, 0.1) is 5.92 Å². The smallest absolute Gasteiger partial charge is 0.224 e. The zero-order chi connectivity index (χ0) is 8.97. The molecule has 12 heavy (non-hydrogen) atoms. The van der Waals surface area contributed by atoms with E-state index in [9.17, 15) is 4.79 Å². The summed E-state index contributed by atoms with van der Waals surface area (Å²) in [6.07, 6.45) is 4.07. The molecule has 3 nitrogen and oxygen atoms in total. The van der Waals surface area contributed by atoms with E-state index in [1.807, 2.05) is 0 Å². The zero-order valence-corrected chi connectivity index (χ0v) is 7.68. The minimum Gasteiger partial charge on any atom is -0.356 e. The van der Waals surface area contributed by atoms with Crippen LogP contribution in [0.1, 0.15) is 32.6 Å². The van der Waals surface area contributed by atoms with Crippen molar-refractivity contribution < 1.29 is 4.79 Å². The molecule has 1 rings (SSSR count). The summed E-state index contributed by atoms with van der Waals surface area (Å²) in [5, 5.41) is 2.89. The highest BCUT2D eigenvalue weighted by atomic mass is 16.1. The van der Waals surface area contributed by atoms with E-state index in [0.29, 0.717) is 0 Å². The van der Waals surface area contributed by atoms with Crippen molar-refractivity contribution in [2.45, 2.75) is 38.6 Å². The monoisotopic (exact) mass is 170 g/mol. The van der Waals surface area contributed by atoms with E-state index in [1.54, 1.807) is 0 Å². The molecule has 1 amide bonds. The fourth-order valence-electron chi connectivity index (χ4n) is 1.69. The Morgan fingerprint density at radius 1 is 1.58 bits per heavy atom. The van der Waals surface area contributed by atoms with E-state index in [1.165, 1.54) is 0 Å². The third kappa shape index (κ3) is 2.21. The first kappa shape index (κ1) is 9.52. The number of rotatable bonds is 3. The maximum Gasteiger partial charge on any atom is 0.224 e. The first-order valence-corrected chi connectivity index (χ1v) is 4.79. The van der Waals surface area contributed by atoms with Crippen molar-refractivity contribution in [1.82, 2.24) is 5.32 Å². The van der Waals surface area contributed by atoms with Crippen molar-refractivity contribution in [1.29, 1.82) is 0 Å². The molecular weight excluding hydrogens is 152 g/mol. The summed E-state index contributed by atoms with van der Waals surface area (Å²) in [6, 6.07) is 0.0989. The molecule has 1 fully saturated rings. The molecule has 0 radical (unpaired) electrons. The Balaban J connectivity index is 2.30. The van der Waals surface area contributed by atoms with Crippen LogP contribution in [-0.4, -0.2) is 18.5 Å². The highest BCUT2D eigenvalue weighted by Gasteiger charge is 2.29. The number of nitrogens with one attached hydrogen (secondary N) is 1. The van der Waals surface area contributed by atoms with Gasteiger partial charge in [-0.25, -0.2) is 0 Å². The van der Waals surface area contributed by atoms with Gasteiger partial charge in [0, 0.05) is 12.6 Å². The van der Waals surface area contributed by atoms with Crippen LogP contribution >= 0.6 is 0 Å². The Hall–Kier alpha value is -0.570. The van der Waals surface area contributed by atoms with Crippen LogP contribution in [0.2, 0.25) is 0 Å². The topological polar surface area (TPSA) is 55.1 Å². The van der Waals surface area contributed by atoms with E-state index in [4.69, 9.17) is 5.73 Å². The lowest BCUT2D eigenvalue weighted by atomic mass is 10.0. The van der Waals surface area contributed by atoms with Crippen molar-refractivity contribution >= 4 is 5.91 Å². The van der Waals surface area contributed by atoms with Crippen molar-refractivity contribution in [2.24, 2.45) is 11.7 Å². The molecule has 0 heterocycles. The van der Waals surface area contributed by atoms with Crippen LogP contribution in [0.3, 0.4) is 0 Å². The van der Waals surface area contributed by atoms with Gasteiger partial charge in [-0.3, -0.25) is 4.79 Å². The lowest BCUT2D eigenvalue weighted by molar-refractivity contribution is -0.125. The second-order valence-electron chi connectivity index (χ2n) is 3.49. The number of carbonyl (C=O) groups excluding carboxylic acids is 1. The number of hydrogen-bond acceptors (Lipinski definition) is 2. The molecular formula is C9H18N2O. The molecule has 3 N–H and O–H groups in total. The maximum atomic E-state index is 11.4. The van der Waals surface area contributed by atoms with Crippen molar-refractivity contribution in [3.63, 3.8) is 0 Å². The molecule has 0 aromatic rings. The van der Waals surface area contributed by atoms with E-state index >= 15 is 0 Å². The summed E-state index contributed by atoms with van der Waals surface area (Å²) in [4.78, 5) is 11.4. The zero-order valence-electron chi connectivity index (χ0n) is 7.68. The molecule has 1 aliphatic rings. The van der Waals surface area contributed by atoms with Gasteiger partial charge < -0.3 is 11.1 Å². The lowest BCUT2D eigenvalue weighted by Crippen LogP contribution is -2.38. The van der Waals surface area contributed by atoms with Gasteiger partial charge in [-0.1, -0.05) is 13.3 Å². The predicted molar refractivity (Wildman–Crippen MR) is 48.6 cm³/mol. The summed E-state index contributed by atoms with van der Waals surface area (Å²) in [6.45, 7) is 2.83. The quantitative estimate of drug-likeness (QED) is 0.653. The Morgan fingerprint density at radius 3 is 2.83 bits per heavy atom. The van der Waals surface area contributed by atoms with Gasteiger partial charge in [0.05, 0.1) is 5.92 Å². The molecule has 0 aliphatic heterocycles. The Kier molecular flexibility index (Phi) is 3.53. The fraction of sp³-hybridized carbons (Fsp3) is 0.889. The van der Waals surface area contributed by atoms with E-state index in [0.717, 1.165) is 32.2 Å². The van der Waals surface area contributed by atoms with Crippen LogP contribution in [0.5, 0.6) is 0 Å². The van der Waals surface area contributed by atoms with Crippen LogP contribution in [-0.2, 0) is 4.79 Å². The molecule has 0 aromatic heterocycles. The van der Waals surface area contributed by atoms with E-state index in [2.05, 4.69) is 12.2 Å². The molecule has 1 saturated carbocycles. The van der Waals surface area contributed by atoms with E-state index in [-0.39, 0.29) is 17.9 Å². The minimum absolute atomic E-state index is 0.0801. The molecule has 0 aromatic carbocycles. The number of amides is 1. The van der Waals surface area contributed by atoms with Gasteiger partial charge >= 0.3 is 0 Å². The second kappa shape index (κ2) is 4.45. The number of nitrogens with two attached hydrogens (primary N) is 1. The SMILES string of the molecule is CCCNC(=O)C1CCCC1N. The van der Waals surface area contributed by atoms with Gasteiger partial charge in [-0.05, 0) is 19.3 Å². The highest BCUT2D eigenvalue weighted by molar-refractivity contribution is 5.79. The van der Waals surface area contributed by atoms with Crippen molar-refractivity contribution in [3.05, 3.63) is 0 Å². The summed E-state index contributed by atoms with van der Waals surface area (Å²) in [7, 11) is 0. The Labute approximate surface area is 73.7 Å². The molecule has 2 unspecified atom stereocenters. The number of carbonyl (C=O) groups is 1.